The Kier molecular flexibility index (Phi) is 5.32. The molecule has 1 aromatic carbocycles. The highest BCUT2D eigenvalue weighted by atomic mass is 16.6. The van der Waals surface area contributed by atoms with Crippen LogP contribution in [0.4, 0.5) is 10.5 Å². The van der Waals surface area contributed by atoms with Crippen molar-refractivity contribution in [2.24, 2.45) is 5.73 Å². The normalized spacial score (nSPS) is 12.9. The van der Waals surface area contributed by atoms with E-state index in [4.69, 9.17) is 10.5 Å². The van der Waals surface area contributed by atoms with E-state index in [0.717, 1.165) is 5.56 Å². The second kappa shape index (κ2) is 6.54. The van der Waals surface area contributed by atoms with Crippen molar-refractivity contribution >= 4 is 11.8 Å². The van der Waals surface area contributed by atoms with E-state index >= 15 is 0 Å². The van der Waals surface area contributed by atoms with Crippen molar-refractivity contribution in [2.75, 3.05) is 11.9 Å². The zero-order valence-electron chi connectivity index (χ0n) is 11.6. The molecule has 4 N–H and O–H groups in total. The number of carbonyl (C=O) groups excluding carboxylic acids is 1. The molecule has 0 bridgehead atoms. The van der Waals surface area contributed by atoms with E-state index in [2.05, 4.69) is 5.32 Å². The van der Waals surface area contributed by atoms with Crippen molar-refractivity contribution in [3.8, 4) is 0 Å². The molecule has 1 rings (SSSR count). The van der Waals surface area contributed by atoms with Gasteiger partial charge in [0.15, 0.2) is 0 Å². The summed E-state index contributed by atoms with van der Waals surface area (Å²) in [6.45, 7) is 5.63. The number of hydrogen-bond acceptors (Lipinski definition) is 4. The Morgan fingerprint density at radius 1 is 1.47 bits per heavy atom. The lowest BCUT2D eigenvalue weighted by atomic mass is 10.1. The summed E-state index contributed by atoms with van der Waals surface area (Å²) in [4.78, 5) is 11.6. The number of benzene rings is 1. The topological polar surface area (TPSA) is 84.6 Å². The van der Waals surface area contributed by atoms with Gasteiger partial charge >= 0.3 is 6.09 Å². The average Bonchev–Trinajstić information content (AvgIpc) is 2.26. The molecule has 1 atom stereocenters. The molecule has 0 aromatic heterocycles. The van der Waals surface area contributed by atoms with Crippen LogP contribution in [0.1, 0.15) is 26.3 Å². The molecule has 0 saturated carbocycles. The molecule has 0 radical (unpaired) electrons. The molecule has 1 amide bonds. The Bertz CT molecular complexity index is 427. The number of hydrogen-bond donors (Lipinski definition) is 3. The molecule has 1 unspecified atom stereocenters. The van der Waals surface area contributed by atoms with Gasteiger partial charge in [0.1, 0.15) is 5.60 Å². The van der Waals surface area contributed by atoms with Crippen LogP contribution in [-0.2, 0) is 11.2 Å². The molecule has 0 aliphatic rings. The third-order valence-corrected chi connectivity index (χ3v) is 2.32. The summed E-state index contributed by atoms with van der Waals surface area (Å²) in [5.41, 5.74) is 6.38. The summed E-state index contributed by atoms with van der Waals surface area (Å²) in [6, 6.07) is 7.25. The molecular weight excluding hydrogens is 244 g/mol. The van der Waals surface area contributed by atoms with Gasteiger partial charge in [-0.1, -0.05) is 12.1 Å². The van der Waals surface area contributed by atoms with Gasteiger partial charge in [-0.2, -0.15) is 0 Å². The summed E-state index contributed by atoms with van der Waals surface area (Å²) in [6.07, 6.45) is -0.610. The highest BCUT2D eigenvalue weighted by Crippen LogP contribution is 2.14. The van der Waals surface area contributed by atoms with Crippen LogP contribution in [-0.4, -0.2) is 29.4 Å². The highest BCUT2D eigenvalue weighted by molar-refractivity contribution is 5.84. The monoisotopic (exact) mass is 266 g/mol. The van der Waals surface area contributed by atoms with E-state index in [9.17, 15) is 9.90 Å². The molecule has 5 nitrogen and oxygen atoms in total. The van der Waals surface area contributed by atoms with Crippen LogP contribution >= 0.6 is 0 Å². The molecule has 0 aliphatic carbocycles. The van der Waals surface area contributed by atoms with Crippen LogP contribution in [0.5, 0.6) is 0 Å². The maximum Gasteiger partial charge on any atom is 0.412 e. The lowest BCUT2D eigenvalue weighted by Gasteiger charge is -2.19. The summed E-state index contributed by atoms with van der Waals surface area (Å²) in [5, 5.41) is 12.2. The van der Waals surface area contributed by atoms with Gasteiger partial charge in [0, 0.05) is 12.2 Å². The number of anilines is 1. The summed E-state index contributed by atoms with van der Waals surface area (Å²) < 4.78 is 5.16. The minimum Gasteiger partial charge on any atom is -0.444 e. The first kappa shape index (κ1) is 15.5. The zero-order chi connectivity index (χ0) is 14.5. The SMILES string of the molecule is CC(C)(C)OC(=O)Nc1cccc(CC(O)CN)c1. The predicted octanol–water partition coefficient (Wildman–Crippen LogP) is 1.90. The van der Waals surface area contributed by atoms with Crippen LogP contribution in [0.15, 0.2) is 24.3 Å². The maximum atomic E-state index is 11.6. The van der Waals surface area contributed by atoms with Gasteiger partial charge in [-0.3, -0.25) is 5.32 Å². The summed E-state index contributed by atoms with van der Waals surface area (Å²) >= 11 is 0. The van der Waals surface area contributed by atoms with Crippen LogP contribution in [0.3, 0.4) is 0 Å². The summed E-state index contributed by atoms with van der Waals surface area (Å²) in [7, 11) is 0. The first-order chi connectivity index (χ1) is 8.80. The minimum absolute atomic E-state index is 0.212. The van der Waals surface area contributed by atoms with Gasteiger partial charge in [-0.15, -0.1) is 0 Å². The largest absolute Gasteiger partial charge is 0.444 e. The fourth-order valence-corrected chi connectivity index (χ4v) is 1.55. The van der Waals surface area contributed by atoms with E-state index < -0.39 is 17.8 Å². The molecular formula is C14H22N2O3. The van der Waals surface area contributed by atoms with Gasteiger partial charge in [-0.05, 0) is 44.9 Å². The number of amides is 1. The first-order valence-corrected chi connectivity index (χ1v) is 6.27. The maximum absolute atomic E-state index is 11.6. The van der Waals surface area contributed by atoms with E-state index in [1.54, 1.807) is 32.9 Å². The lowest BCUT2D eigenvalue weighted by Crippen LogP contribution is -2.27. The molecule has 106 valence electrons. The first-order valence-electron chi connectivity index (χ1n) is 6.27. The molecule has 0 fully saturated rings. The quantitative estimate of drug-likeness (QED) is 0.777. The molecule has 0 saturated heterocycles. The van der Waals surface area contributed by atoms with Crippen molar-refractivity contribution in [3.63, 3.8) is 0 Å². The Morgan fingerprint density at radius 2 is 2.16 bits per heavy atom. The van der Waals surface area contributed by atoms with Gasteiger partial charge in [0.25, 0.3) is 0 Å². The Labute approximate surface area is 113 Å². The smallest absolute Gasteiger partial charge is 0.412 e. The fourth-order valence-electron chi connectivity index (χ4n) is 1.55. The van der Waals surface area contributed by atoms with E-state index in [-0.39, 0.29) is 6.54 Å². The molecule has 19 heavy (non-hydrogen) atoms. The average molecular weight is 266 g/mol. The predicted molar refractivity (Wildman–Crippen MR) is 75.1 cm³/mol. The number of rotatable bonds is 4. The molecule has 5 heteroatoms. The van der Waals surface area contributed by atoms with E-state index in [1.807, 2.05) is 12.1 Å². The Morgan fingerprint density at radius 3 is 2.74 bits per heavy atom. The van der Waals surface area contributed by atoms with Crippen molar-refractivity contribution in [2.45, 2.75) is 38.9 Å². The van der Waals surface area contributed by atoms with Gasteiger partial charge in [-0.25, -0.2) is 4.79 Å². The number of aliphatic hydroxyl groups is 1. The third kappa shape index (κ3) is 6.22. The zero-order valence-corrected chi connectivity index (χ0v) is 11.6. The van der Waals surface area contributed by atoms with Crippen LogP contribution in [0.25, 0.3) is 0 Å². The van der Waals surface area contributed by atoms with Crippen LogP contribution in [0, 0.1) is 0 Å². The van der Waals surface area contributed by atoms with Gasteiger partial charge < -0.3 is 15.6 Å². The molecule has 0 spiro atoms. The number of carbonyl (C=O) groups is 1. The van der Waals surface area contributed by atoms with E-state index in [0.29, 0.717) is 12.1 Å². The molecule has 0 aliphatic heterocycles. The van der Waals surface area contributed by atoms with Gasteiger partial charge in [0.05, 0.1) is 6.10 Å². The van der Waals surface area contributed by atoms with Gasteiger partial charge in [0.2, 0.25) is 0 Å². The number of aliphatic hydroxyl groups excluding tert-OH is 1. The van der Waals surface area contributed by atoms with Crippen molar-refractivity contribution in [1.29, 1.82) is 0 Å². The number of ether oxygens (including phenoxy) is 1. The number of nitrogens with two attached hydrogens (primary N) is 1. The Hall–Kier alpha value is -1.59. The highest BCUT2D eigenvalue weighted by Gasteiger charge is 2.16. The van der Waals surface area contributed by atoms with Crippen molar-refractivity contribution < 1.29 is 14.6 Å². The van der Waals surface area contributed by atoms with Crippen molar-refractivity contribution in [1.82, 2.24) is 0 Å². The second-order valence-electron chi connectivity index (χ2n) is 5.42. The third-order valence-electron chi connectivity index (χ3n) is 2.32. The fraction of sp³-hybridized carbons (Fsp3) is 0.500. The number of nitrogens with one attached hydrogen (secondary N) is 1. The Balaban J connectivity index is 2.64. The van der Waals surface area contributed by atoms with Crippen molar-refractivity contribution in [3.05, 3.63) is 29.8 Å². The minimum atomic E-state index is -0.572. The van der Waals surface area contributed by atoms with Crippen LogP contribution in [0.2, 0.25) is 0 Å². The summed E-state index contributed by atoms with van der Waals surface area (Å²) in [5.74, 6) is 0. The second-order valence-corrected chi connectivity index (χ2v) is 5.42. The molecule has 0 heterocycles. The standard InChI is InChI=1S/C14H22N2O3/c1-14(2,3)19-13(18)16-11-6-4-5-10(7-11)8-12(17)9-15/h4-7,12,17H,8-9,15H2,1-3H3,(H,16,18). The lowest BCUT2D eigenvalue weighted by molar-refractivity contribution is 0.0636. The van der Waals surface area contributed by atoms with E-state index in [1.165, 1.54) is 0 Å². The molecule has 1 aromatic rings. The van der Waals surface area contributed by atoms with Crippen LogP contribution < -0.4 is 11.1 Å².